The lowest BCUT2D eigenvalue weighted by atomic mass is 9.95. The van der Waals surface area contributed by atoms with Crippen LogP contribution < -0.4 is 0 Å². The summed E-state index contributed by atoms with van der Waals surface area (Å²) in [5, 5.41) is 10.7. The van der Waals surface area contributed by atoms with Crippen LogP contribution in [-0.2, 0) is 17.6 Å². The van der Waals surface area contributed by atoms with Crippen molar-refractivity contribution in [1.29, 1.82) is 0 Å². The highest BCUT2D eigenvalue weighted by molar-refractivity contribution is 7.15. The van der Waals surface area contributed by atoms with Crippen molar-refractivity contribution in [2.45, 2.75) is 46.5 Å². The predicted octanol–water partition coefficient (Wildman–Crippen LogP) is 5.66. The van der Waals surface area contributed by atoms with Gasteiger partial charge in [0.25, 0.3) is 0 Å². The molecule has 0 fully saturated rings. The van der Waals surface area contributed by atoms with Gasteiger partial charge in [0.1, 0.15) is 5.00 Å². The van der Waals surface area contributed by atoms with Crippen LogP contribution in [0.25, 0.3) is 5.00 Å². The van der Waals surface area contributed by atoms with Gasteiger partial charge in [-0.1, -0.05) is 0 Å². The van der Waals surface area contributed by atoms with Gasteiger partial charge < -0.3 is 14.4 Å². The number of carboxylic acids is 1. The van der Waals surface area contributed by atoms with Crippen LogP contribution in [-0.4, -0.2) is 34.4 Å². The van der Waals surface area contributed by atoms with Crippen LogP contribution in [0, 0.1) is 13.8 Å². The molecule has 1 aliphatic rings. The van der Waals surface area contributed by atoms with Gasteiger partial charge in [-0.05, 0) is 82.3 Å². The molecule has 0 atom stereocenters. The minimum absolute atomic E-state index is 0.338. The van der Waals surface area contributed by atoms with Crippen molar-refractivity contribution >= 4 is 35.2 Å². The summed E-state index contributed by atoms with van der Waals surface area (Å²) in [6.07, 6.45) is 5.73. The summed E-state index contributed by atoms with van der Waals surface area (Å²) >= 11 is 1.60. The summed E-state index contributed by atoms with van der Waals surface area (Å²) in [4.78, 5) is 29.7. The molecule has 32 heavy (non-hydrogen) atoms. The van der Waals surface area contributed by atoms with Crippen molar-refractivity contribution in [3.8, 4) is 5.00 Å². The first-order valence-corrected chi connectivity index (χ1v) is 11.6. The molecule has 0 unspecified atom stereocenters. The third-order valence-corrected chi connectivity index (χ3v) is 7.05. The summed E-state index contributed by atoms with van der Waals surface area (Å²) in [7, 11) is 0. The number of thiophene rings is 1. The Labute approximate surface area is 191 Å². The lowest BCUT2D eigenvalue weighted by Crippen LogP contribution is -2.09. The van der Waals surface area contributed by atoms with E-state index >= 15 is 0 Å². The normalized spacial score (nSPS) is 13.3. The highest BCUT2D eigenvalue weighted by Gasteiger charge is 2.27. The molecule has 2 heterocycles. The molecule has 3 aromatic rings. The lowest BCUT2D eigenvalue weighted by Gasteiger charge is -2.11. The van der Waals surface area contributed by atoms with E-state index in [2.05, 4.69) is 4.99 Å². The van der Waals surface area contributed by atoms with Gasteiger partial charge in [0.05, 0.1) is 23.4 Å². The molecule has 0 saturated heterocycles. The van der Waals surface area contributed by atoms with Gasteiger partial charge in [0.2, 0.25) is 0 Å². The van der Waals surface area contributed by atoms with Gasteiger partial charge in [0.15, 0.2) is 0 Å². The van der Waals surface area contributed by atoms with E-state index in [4.69, 9.17) is 4.74 Å². The van der Waals surface area contributed by atoms with Crippen LogP contribution >= 0.6 is 11.3 Å². The number of hydrogen-bond acceptors (Lipinski definition) is 5. The number of benzene rings is 1. The van der Waals surface area contributed by atoms with E-state index in [0.29, 0.717) is 17.7 Å². The quantitative estimate of drug-likeness (QED) is 0.388. The highest BCUT2D eigenvalue weighted by atomic mass is 32.1. The number of esters is 1. The van der Waals surface area contributed by atoms with Crippen molar-refractivity contribution in [2.75, 3.05) is 6.61 Å². The molecule has 0 radical (unpaired) electrons. The van der Waals surface area contributed by atoms with Crippen molar-refractivity contribution in [1.82, 2.24) is 4.57 Å². The van der Waals surface area contributed by atoms with Crippen LogP contribution in [0.1, 0.15) is 67.9 Å². The molecule has 1 aromatic carbocycles. The summed E-state index contributed by atoms with van der Waals surface area (Å²) in [6, 6.07) is 8.97. The Hall–Kier alpha value is -3.19. The van der Waals surface area contributed by atoms with Crippen molar-refractivity contribution in [3.05, 3.63) is 68.9 Å². The molecule has 0 bridgehead atoms. The number of carboxylic acid groups (broad SMARTS) is 1. The standard InChI is InChI=1S/C25H26N2O4S/c1-4-31-25(30)17-9-11-19(12-10-17)26-14-18-13-15(2)27(16(18)3)23-22(24(28)29)20-7-5-6-8-21(20)32-23/h9-14H,4-8H2,1-3H3,(H,28,29). The van der Waals surface area contributed by atoms with Crippen LogP contribution in [0.5, 0.6) is 0 Å². The number of carbonyl (C=O) groups excluding carboxylic acids is 1. The van der Waals surface area contributed by atoms with E-state index in [1.165, 1.54) is 4.88 Å². The molecule has 166 valence electrons. The van der Waals surface area contributed by atoms with Crippen molar-refractivity contribution in [2.24, 2.45) is 4.99 Å². The molecule has 2 aromatic heterocycles. The Kier molecular flexibility index (Phi) is 6.28. The van der Waals surface area contributed by atoms with E-state index in [9.17, 15) is 14.7 Å². The summed E-state index contributed by atoms with van der Waals surface area (Å²) < 4.78 is 7.05. The second-order valence-electron chi connectivity index (χ2n) is 7.88. The fourth-order valence-electron chi connectivity index (χ4n) is 4.20. The zero-order valence-corrected chi connectivity index (χ0v) is 19.3. The van der Waals surface area contributed by atoms with Gasteiger partial charge in [-0.25, -0.2) is 9.59 Å². The molecule has 1 N–H and O–H groups in total. The molecule has 0 spiro atoms. The predicted molar refractivity (Wildman–Crippen MR) is 126 cm³/mol. The number of fused-ring (bicyclic) bond motifs is 1. The van der Waals surface area contributed by atoms with Crippen LogP contribution in [0.2, 0.25) is 0 Å². The Morgan fingerprint density at radius 2 is 1.91 bits per heavy atom. The topological polar surface area (TPSA) is 80.9 Å². The lowest BCUT2D eigenvalue weighted by molar-refractivity contribution is 0.0526. The van der Waals surface area contributed by atoms with E-state index in [0.717, 1.165) is 58.9 Å². The SMILES string of the molecule is CCOC(=O)c1ccc(N=Cc2cc(C)n(-c3sc4c(c3C(=O)O)CCCC4)c2C)cc1. The number of ether oxygens (including phenoxy) is 1. The minimum atomic E-state index is -0.858. The molecule has 7 heteroatoms. The molecular formula is C25H26N2O4S. The van der Waals surface area contributed by atoms with E-state index in [-0.39, 0.29) is 5.97 Å². The smallest absolute Gasteiger partial charge is 0.339 e. The number of aromatic carboxylic acids is 1. The highest BCUT2D eigenvalue weighted by Crippen LogP contribution is 2.38. The summed E-state index contributed by atoms with van der Waals surface area (Å²) in [5.74, 6) is -1.21. The van der Waals surface area contributed by atoms with Gasteiger partial charge in [-0.15, -0.1) is 11.3 Å². The molecule has 1 aliphatic carbocycles. The van der Waals surface area contributed by atoms with Crippen LogP contribution in [0.4, 0.5) is 5.69 Å². The zero-order chi connectivity index (χ0) is 22.8. The number of aromatic nitrogens is 1. The molecule has 0 amide bonds. The maximum absolute atomic E-state index is 12.1. The number of carbonyl (C=O) groups is 2. The zero-order valence-electron chi connectivity index (χ0n) is 18.5. The fourth-order valence-corrected chi connectivity index (χ4v) is 5.69. The molecule has 4 rings (SSSR count). The number of hydrogen-bond donors (Lipinski definition) is 1. The van der Waals surface area contributed by atoms with Gasteiger partial charge >= 0.3 is 11.9 Å². The van der Waals surface area contributed by atoms with E-state index in [1.807, 2.05) is 24.5 Å². The summed E-state index contributed by atoms with van der Waals surface area (Å²) in [5.41, 5.74) is 5.53. The number of aryl methyl sites for hydroxylation is 2. The Balaban J connectivity index is 1.65. The van der Waals surface area contributed by atoms with E-state index in [1.54, 1.807) is 48.7 Å². The number of nitrogens with zero attached hydrogens (tertiary/aromatic N) is 2. The largest absolute Gasteiger partial charge is 0.478 e. The number of rotatable bonds is 6. The first-order valence-electron chi connectivity index (χ1n) is 10.8. The second-order valence-corrected chi connectivity index (χ2v) is 8.97. The number of aliphatic imine (C=N–C) groups is 1. The average molecular weight is 451 g/mol. The molecular weight excluding hydrogens is 424 g/mol. The molecule has 0 aliphatic heterocycles. The van der Waals surface area contributed by atoms with Crippen molar-refractivity contribution in [3.63, 3.8) is 0 Å². The minimum Gasteiger partial charge on any atom is -0.478 e. The Morgan fingerprint density at radius 1 is 1.19 bits per heavy atom. The first kappa shape index (κ1) is 22.0. The Morgan fingerprint density at radius 3 is 2.59 bits per heavy atom. The van der Waals surface area contributed by atoms with Gasteiger partial charge in [0, 0.05) is 28.0 Å². The second kappa shape index (κ2) is 9.12. The molecule has 6 nitrogen and oxygen atoms in total. The Bertz CT molecular complexity index is 1200. The monoisotopic (exact) mass is 450 g/mol. The summed E-state index contributed by atoms with van der Waals surface area (Å²) in [6.45, 7) is 6.09. The van der Waals surface area contributed by atoms with Crippen molar-refractivity contribution < 1.29 is 19.4 Å². The maximum Gasteiger partial charge on any atom is 0.339 e. The average Bonchev–Trinajstić information content (AvgIpc) is 3.29. The first-order chi connectivity index (χ1) is 15.4. The third-order valence-electron chi connectivity index (χ3n) is 5.77. The molecule has 0 saturated carbocycles. The fraction of sp³-hybridized carbons (Fsp3) is 0.320. The maximum atomic E-state index is 12.1. The van der Waals surface area contributed by atoms with E-state index < -0.39 is 5.97 Å². The third kappa shape index (κ3) is 4.12. The van der Waals surface area contributed by atoms with Crippen LogP contribution in [0.15, 0.2) is 35.3 Å². The van der Waals surface area contributed by atoms with Gasteiger partial charge in [-0.3, -0.25) is 4.99 Å². The van der Waals surface area contributed by atoms with Gasteiger partial charge in [-0.2, -0.15) is 0 Å². The van der Waals surface area contributed by atoms with Crippen LogP contribution in [0.3, 0.4) is 0 Å².